The van der Waals surface area contributed by atoms with Crippen LogP contribution in [0.1, 0.15) is 5.56 Å². The summed E-state index contributed by atoms with van der Waals surface area (Å²) in [6, 6.07) is 10.7. The minimum absolute atomic E-state index is 0.182. The van der Waals surface area contributed by atoms with Gasteiger partial charge in [-0.05, 0) is 29.8 Å². The van der Waals surface area contributed by atoms with Gasteiger partial charge in [0.2, 0.25) is 0 Å². The van der Waals surface area contributed by atoms with Gasteiger partial charge in [-0.25, -0.2) is 4.39 Å². The van der Waals surface area contributed by atoms with Crippen LogP contribution in [0, 0.1) is 5.82 Å². The van der Waals surface area contributed by atoms with E-state index < -0.39 is 11.1 Å². The Morgan fingerprint density at radius 2 is 1.58 bits per heavy atom. The molecule has 0 atom stereocenters. The maximum atomic E-state index is 13.0. The number of benzene rings is 2. The van der Waals surface area contributed by atoms with Gasteiger partial charge >= 0.3 is 11.1 Å². The highest BCUT2D eigenvalue weighted by Crippen LogP contribution is 2.28. The highest BCUT2D eigenvalue weighted by atomic mass is 19.1. The molecule has 0 aliphatic carbocycles. The summed E-state index contributed by atoms with van der Waals surface area (Å²) in [5.74, 6) is 0.617. The van der Waals surface area contributed by atoms with E-state index in [0.29, 0.717) is 17.2 Å². The maximum Gasteiger partial charge on any atom is 0.320 e. The lowest BCUT2D eigenvalue weighted by molar-refractivity contribution is 0.355. The van der Waals surface area contributed by atoms with Gasteiger partial charge in [0.1, 0.15) is 5.82 Å². The van der Waals surface area contributed by atoms with E-state index in [1.54, 1.807) is 30.3 Å². The molecule has 0 N–H and O–H groups in total. The van der Waals surface area contributed by atoms with Crippen LogP contribution in [-0.2, 0) is 6.54 Å². The van der Waals surface area contributed by atoms with E-state index in [9.17, 15) is 14.0 Å². The van der Waals surface area contributed by atoms with Crippen molar-refractivity contribution in [3.05, 3.63) is 86.9 Å². The quantitative estimate of drug-likeness (QED) is 0.658. The van der Waals surface area contributed by atoms with Gasteiger partial charge in [-0.3, -0.25) is 14.2 Å². The van der Waals surface area contributed by atoms with Gasteiger partial charge in [0.25, 0.3) is 0 Å². The summed E-state index contributed by atoms with van der Waals surface area (Å²) in [6.07, 6.45) is 3.03. The zero-order valence-electron chi connectivity index (χ0n) is 14.3. The predicted octanol–water partition coefficient (Wildman–Crippen LogP) is 2.20. The number of aromatic nitrogens is 2. The fraction of sp³-hybridized carbons (Fsp3) is 0.158. The number of rotatable bonds is 5. The highest BCUT2D eigenvalue weighted by Gasteiger charge is 2.10. The van der Waals surface area contributed by atoms with Crippen LogP contribution in [0.4, 0.5) is 4.39 Å². The van der Waals surface area contributed by atoms with Gasteiger partial charge in [0.05, 0.1) is 26.5 Å². The molecule has 0 bridgehead atoms. The molecule has 134 valence electrons. The van der Waals surface area contributed by atoms with Crippen LogP contribution < -0.4 is 20.6 Å². The van der Waals surface area contributed by atoms with Gasteiger partial charge in [0.15, 0.2) is 11.5 Å². The predicted molar refractivity (Wildman–Crippen MR) is 94.9 cm³/mol. The summed E-state index contributed by atoms with van der Waals surface area (Å²) in [4.78, 5) is 24.9. The topological polar surface area (TPSA) is 62.5 Å². The zero-order valence-corrected chi connectivity index (χ0v) is 14.3. The molecule has 3 aromatic rings. The van der Waals surface area contributed by atoms with Crippen LogP contribution in [0.2, 0.25) is 0 Å². The van der Waals surface area contributed by atoms with E-state index >= 15 is 0 Å². The van der Waals surface area contributed by atoms with E-state index in [1.165, 1.54) is 47.9 Å². The first-order chi connectivity index (χ1) is 12.5. The molecule has 0 fully saturated rings. The third kappa shape index (κ3) is 3.37. The van der Waals surface area contributed by atoms with Crippen molar-refractivity contribution in [1.82, 2.24) is 9.13 Å². The Labute approximate surface area is 148 Å². The van der Waals surface area contributed by atoms with E-state index in [4.69, 9.17) is 9.47 Å². The Hall–Kier alpha value is -3.35. The Morgan fingerprint density at radius 3 is 2.23 bits per heavy atom. The molecule has 0 radical (unpaired) electrons. The molecule has 3 rings (SSSR count). The van der Waals surface area contributed by atoms with Crippen molar-refractivity contribution in [3.8, 4) is 17.2 Å². The first-order valence-corrected chi connectivity index (χ1v) is 7.82. The van der Waals surface area contributed by atoms with Crippen LogP contribution in [0.3, 0.4) is 0 Å². The molecule has 1 aromatic heterocycles. The second kappa shape index (κ2) is 7.26. The summed E-state index contributed by atoms with van der Waals surface area (Å²) in [6.45, 7) is 0.182. The second-order valence-corrected chi connectivity index (χ2v) is 5.57. The molecule has 0 spiro atoms. The number of methoxy groups -OCH3 is 2. The minimum atomic E-state index is -0.693. The molecular weight excluding hydrogens is 339 g/mol. The average molecular weight is 356 g/mol. The van der Waals surface area contributed by atoms with Crippen molar-refractivity contribution in [2.24, 2.45) is 0 Å². The lowest BCUT2D eigenvalue weighted by Crippen LogP contribution is -2.40. The summed E-state index contributed by atoms with van der Waals surface area (Å²) in [5, 5.41) is 0. The average Bonchev–Trinajstić information content (AvgIpc) is 2.67. The van der Waals surface area contributed by atoms with Crippen molar-refractivity contribution in [3.63, 3.8) is 0 Å². The molecule has 0 saturated heterocycles. The number of hydrogen-bond acceptors (Lipinski definition) is 4. The molecule has 0 aliphatic heterocycles. The lowest BCUT2D eigenvalue weighted by atomic mass is 10.2. The van der Waals surface area contributed by atoms with Crippen molar-refractivity contribution < 1.29 is 13.9 Å². The maximum absolute atomic E-state index is 13.0. The summed E-state index contributed by atoms with van der Waals surface area (Å²) >= 11 is 0. The van der Waals surface area contributed by atoms with Crippen molar-refractivity contribution in [2.45, 2.75) is 6.54 Å². The lowest BCUT2D eigenvalue weighted by Gasteiger charge is -2.12. The largest absolute Gasteiger partial charge is 0.493 e. The SMILES string of the molecule is COc1ccc(-n2ccn(Cc3ccc(F)cc3)c(=O)c2=O)cc1OC. The fourth-order valence-electron chi connectivity index (χ4n) is 2.60. The number of ether oxygens (including phenoxy) is 2. The smallest absolute Gasteiger partial charge is 0.320 e. The molecule has 0 saturated carbocycles. The van der Waals surface area contributed by atoms with Gasteiger partial charge in [-0.15, -0.1) is 0 Å². The van der Waals surface area contributed by atoms with Crippen LogP contribution >= 0.6 is 0 Å². The Bertz CT molecular complexity index is 1040. The number of hydrogen-bond donors (Lipinski definition) is 0. The van der Waals surface area contributed by atoms with E-state index in [1.807, 2.05) is 0 Å². The third-order valence-corrected chi connectivity index (χ3v) is 3.97. The summed E-state index contributed by atoms with van der Waals surface area (Å²) in [7, 11) is 3.01. The Balaban J connectivity index is 1.99. The first kappa shape index (κ1) is 17.5. The van der Waals surface area contributed by atoms with E-state index in [-0.39, 0.29) is 12.4 Å². The van der Waals surface area contributed by atoms with Crippen molar-refractivity contribution >= 4 is 0 Å². The van der Waals surface area contributed by atoms with Crippen molar-refractivity contribution in [2.75, 3.05) is 14.2 Å². The second-order valence-electron chi connectivity index (χ2n) is 5.57. The third-order valence-electron chi connectivity index (χ3n) is 3.97. The van der Waals surface area contributed by atoms with Gasteiger partial charge in [-0.1, -0.05) is 12.1 Å². The highest BCUT2D eigenvalue weighted by molar-refractivity contribution is 5.48. The van der Waals surface area contributed by atoms with Crippen LogP contribution in [0.15, 0.2) is 64.4 Å². The molecule has 26 heavy (non-hydrogen) atoms. The minimum Gasteiger partial charge on any atom is -0.493 e. The van der Waals surface area contributed by atoms with Crippen molar-refractivity contribution in [1.29, 1.82) is 0 Å². The molecular formula is C19H17FN2O4. The number of nitrogens with zero attached hydrogens (tertiary/aromatic N) is 2. The van der Waals surface area contributed by atoms with Gasteiger partial charge < -0.3 is 14.0 Å². The standard InChI is InChI=1S/C19H17FN2O4/c1-25-16-8-7-15(11-17(16)26-2)22-10-9-21(18(23)19(22)24)12-13-3-5-14(20)6-4-13/h3-11H,12H2,1-2H3. The fourth-order valence-corrected chi connectivity index (χ4v) is 2.60. The van der Waals surface area contributed by atoms with Crippen LogP contribution in [0.5, 0.6) is 11.5 Å². The van der Waals surface area contributed by atoms with E-state index in [2.05, 4.69) is 0 Å². The summed E-state index contributed by atoms with van der Waals surface area (Å²) in [5.41, 5.74) is -0.163. The van der Waals surface area contributed by atoms with Gasteiger partial charge in [-0.2, -0.15) is 0 Å². The molecule has 2 aromatic carbocycles. The normalized spacial score (nSPS) is 10.6. The van der Waals surface area contributed by atoms with E-state index in [0.717, 1.165) is 5.56 Å². The summed E-state index contributed by atoms with van der Waals surface area (Å²) < 4.78 is 25.9. The molecule has 7 heteroatoms. The Morgan fingerprint density at radius 1 is 0.885 bits per heavy atom. The molecule has 0 unspecified atom stereocenters. The van der Waals surface area contributed by atoms with Gasteiger partial charge in [0, 0.05) is 18.5 Å². The Kier molecular flexibility index (Phi) is 4.88. The van der Waals surface area contributed by atoms with Crippen LogP contribution in [0.25, 0.3) is 5.69 Å². The molecule has 1 heterocycles. The number of halogens is 1. The van der Waals surface area contributed by atoms with Crippen LogP contribution in [-0.4, -0.2) is 23.4 Å². The zero-order chi connectivity index (χ0) is 18.7. The molecule has 0 aliphatic rings. The molecule has 0 amide bonds. The molecule has 6 nitrogen and oxygen atoms in total. The monoisotopic (exact) mass is 356 g/mol. The first-order valence-electron chi connectivity index (χ1n) is 7.82.